The van der Waals surface area contributed by atoms with E-state index in [0.717, 1.165) is 11.3 Å². The summed E-state index contributed by atoms with van der Waals surface area (Å²) in [5.74, 6) is 0.682. The molecule has 0 aliphatic heterocycles. The predicted octanol–water partition coefficient (Wildman–Crippen LogP) is 3.91. The number of hydrogen-bond acceptors (Lipinski definition) is 3. The molecule has 3 nitrogen and oxygen atoms in total. The van der Waals surface area contributed by atoms with Crippen LogP contribution in [-0.2, 0) is 9.53 Å². The molecule has 1 aromatic carbocycles. The first kappa shape index (κ1) is 16.5. The molecule has 0 heterocycles. The lowest BCUT2D eigenvalue weighted by Crippen LogP contribution is -2.27. The van der Waals surface area contributed by atoms with E-state index in [2.05, 4.69) is 6.07 Å². The van der Waals surface area contributed by atoms with Crippen LogP contribution in [0.2, 0.25) is 0 Å². The highest BCUT2D eigenvalue weighted by Gasteiger charge is 2.23. The summed E-state index contributed by atoms with van der Waals surface area (Å²) in [5.41, 5.74) is 2.28. The first-order valence-electron chi connectivity index (χ1n) is 7.21. The van der Waals surface area contributed by atoms with Crippen LogP contribution in [0.5, 0.6) is 5.75 Å². The summed E-state index contributed by atoms with van der Waals surface area (Å²) in [6.45, 7) is 12.2. The maximum atomic E-state index is 11.8. The van der Waals surface area contributed by atoms with E-state index < -0.39 is 0 Å². The predicted molar refractivity (Wildman–Crippen MR) is 81.0 cm³/mol. The van der Waals surface area contributed by atoms with E-state index in [1.54, 1.807) is 0 Å². The molecule has 0 aliphatic carbocycles. The Kier molecular flexibility index (Phi) is 6.05. The van der Waals surface area contributed by atoms with Crippen LogP contribution in [0.4, 0.5) is 0 Å². The van der Waals surface area contributed by atoms with Crippen molar-refractivity contribution in [3.05, 3.63) is 29.3 Å². The molecule has 2 atom stereocenters. The lowest BCUT2D eigenvalue weighted by atomic mass is 9.97. The fraction of sp³-hybridized carbons (Fsp3) is 0.588. The molecule has 1 rings (SSSR count). The lowest BCUT2D eigenvalue weighted by Gasteiger charge is -2.21. The fourth-order valence-corrected chi connectivity index (χ4v) is 1.80. The summed E-state index contributed by atoms with van der Waals surface area (Å²) in [6, 6.07) is 6.14. The number of carbonyl (C=O) groups is 1. The van der Waals surface area contributed by atoms with Gasteiger partial charge in [-0.1, -0.05) is 26.0 Å². The van der Waals surface area contributed by atoms with Gasteiger partial charge < -0.3 is 9.47 Å². The largest absolute Gasteiger partial charge is 0.493 e. The lowest BCUT2D eigenvalue weighted by molar-refractivity contribution is -0.153. The highest BCUT2D eigenvalue weighted by molar-refractivity contribution is 5.72. The van der Waals surface area contributed by atoms with Crippen LogP contribution in [0, 0.1) is 25.7 Å². The molecule has 0 radical (unpaired) electrons. The zero-order chi connectivity index (χ0) is 15.3. The quantitative estimate of drug-likeness (QED) is 0.740. The van der Waals surface area contributed by atoms with Crippen molar-refractivity contribution in [2.24, 2.45) is 11.8 Å². The number of rotatable bonds is 6. The van der Waals surface area contributed by atoms with Crippen molar-refractivity contribution >= 4 is 5.97 Å². The highest BCUT2D eigenvalue weighted by atomic mass is 16.5. The zero-order valence-electron chi connectivity index (χ0n) is 13.4. The van der Waals surface area contributed by atoms with Gasteiger partial charge in [-0.25, -0.2) is 0 Å². The third-order valence-corrected chi connectivity index (χ3v) is 3.42. The van der Waals surface area contributed by atoms with E-state index in [0.29, 0.717) is 6.61 Å². The van der Waals surface area contributed by atoms with Crippen LogP contribution in [0.25, 0.3) is 0 Å². The van der Waals surface area contributed by atoms with Crippen molar-refractivity contribution in [1.82, 2.24) is 0 Å². The summed E-state index contributed by atoms with van der Waals surface area (Å²) in [6.07, 6.45) is -0.0721. The van der Waals surface area contributed by atoms with Crippen molar-refractivity contribution in [3.8, 4) is 5.75 Å². The first-order valence-corrected chi connectivity index (χ1v) is 7.21. The monoisotopic (exact) mass is 278 g/mol. The average molecular weight is 278 g/mol. The first-order chi connectivity index (χ1) is 9.31. The van der Waals surface area contributed by atoms with Crippen LogP contribution >= 0.6 is 0 Å². The molecule has 0 saturated heterocycles. The van der Waals surface area contributed by atoms with E-state index >= 15 is 0 Å². The molecule has 1 aromatic rings. The summed E-state index contributed by atoms with van der Waals surface area (Å²) in [5, 5.41) is 0. The molecule has 0 N–H and O–H groups in total. The van der Waals surface area contributed by atoms with Gasteiger partial charge in [0.25, 0.3) is 0 Å². The summed E-state index contributed by atoms with van der Waals surface area (Å²) < 4.78 is 11.1. The van der Waals surface area contributed by atoms with Crippen molar-refractivity contribution < 1.29 is 14.3 Å². The second-order valence-electron chi connectivity index (χ2n) is 5.83. The van der Waals surface area contributed by atoms with Gasteiger partial charge in [0.1, 0.15) is 5.75 Å². The number of hydrogen-bond donors (Lipinski definition) is 0. The maximum absolute atomic E-state index is 11.8. The fourth-order valence-electron chi connectivity index (χ4n) is 1.80. The molecule has 3 heteroatoms. The molecule has 0 bridgehead atoms. The smallest absolute Gasteiger partial charge is 0.309 e. The summed E-state index contributed by atoms with van der Waals surface area (Å²) in [4.78, 5) is 11.8. The van der Waals surface area contributed by atoms with Crippen LogP contribution < -0.4 is 4.74 Å². The van der Waals surface area contributed by atoms with Gasteiger partial charge in [-0.15, -0.1) is 0 Å². The van der Waals surface area contributed by atoms with Crippen LogP contribution in [0.3, 0.4) is 0 Å². The average Bonchev–Trinajstić information content (AvgIpc) is 2.37. The Labute approximate surface area is 122 Å². The minimum atomic E-state index is -0.164. The normalized spacial score (nSPS) is 13.9. The van der Waals surface area contributed by atoms with Gasteiger partial charge in [-0.05, 0) is 44.9 Å². The molecule has 0 aliphatic rings. The maximum Gasteiger partial charge on any atom is 0.309 e. The van der Waals surface area contributed by atoms with Gasteiger partial charge in [0, 0.05) is 5.92 Å². The highest BCUT2D eigenvalue weighted by Crippen LogP contribution is 2.21. The van der Waals surface area contributed by atoms with Gasteiger partial charge in [0.15, 0.2) is 0 Å². The molecule has 112 valence electrons. The SMILES string of the molecule is Cc1ccc(C)c(OCC(C)C(C)C(=O)OC(C)C)c1. The minimum Gasteiger partial charge on any atom is -0.493 e. The van der Waals surface area contributed by atoms with Crippen molar-refractivity contribution in [1.29, 1.82) is 0 Å². The van der Waals surface area contributed by atoms with Crippen molar-refractivity contribution in [2.75, 3.05) is 6.61 Å². The minimum absolute atomic E-state index is 0.0721. The Bertz CT molecular complexity index is 452. The zero-order valence-corrected chi connectivity index (χ0v) is 13.4. The van der Waals surface area contributed by atoms with E-state index in [9.17, 15) is 4.79 Å². The van der Waals surface area contributed by atoms with E-state index in [1.807, 2.05) is 53.7 Å². The standard InChI is InChI=1S/C17H26O3/c1-11(2)20-17(18)15(6)14(5)10-19-16-9-12(3)7-8-13(16)4/h7-9,11,14-15H,10H2,1-6H3. The third-order valence-electron chi connectivity index (χ3n) is 3.42. The Morgan fingerprint density at radius 2 is 1.80 bits per heavy atom. The Hall–Kier alpha value is -1.51. The van der Waals surface area contributed by atoms with Crippen LogP contribution in [0.15, 0.2) is 18.2 Å². The topological polar surface area (TPSA) is 35.5 Å². The molecule has 0 amide bonds. The molecular formula is C17H26O3. The van der Waals surface area contributed by atoms with Gasteiger partial charge in [-0.2, -0.15) is 0 Å². The number of aryl methyl sites for hydroxylation is 2. The molecule has 2 unspecified atom stereocenters. The molecule has 20 heavy (non-hydrogen) atoms. The van der Waals surface area contributed by atoms with Gasteiger partial charge >= 0.3 is 5.97 Å². The van der Waals surface area contributed by atoms with Crippen molar-refractivity contribution in [3.63, 3.8) is 0 Å². The molecule has 0 saturated carbocycles. The number of benzene rings is 1. The second-order valence-corrected chi connectivity index (χ2v) is 5.83. The Balaban J connectivity index is 2.56. The molecule has 0 spiro atoms. The van der Waals surface area contributed by atoms with Gasteiger partial charge in [0.2, 0.25) is 0 Å². The molecule has 0 fully saturated rings. The third kappa shape index (κ3) is 4.87. The molecule has 0 aromatic heterocycles. The summed E-state index contributed by atoms with van der Waals surface area (Å²) >= 11 is 0. The van der Waals surface area contributed by atoms with Gasteiger partial charge in [0.05, 0.1) is 18.6 Å². The summed E-state index contributed by atoms with van der Waals surface area (Å²) in [7, 11) is 0. The van der Waals surface area contributed by atoms with Crippen molar-refractivity contribution in [2.45, 2.75) is 47.6 Å². The number of ether oxygens (including phenoxy) is 2. The number of carbonyl (C=O) groups excluding carboxylic acids is 1. The van der Waals surface area contributed by atoms with Gasteiger partial charge in [-0.3, -0.25) is 4.79 Å². The van der Waals surface area contributed by atoms with E-state index in [-0.39, 0.29) is 23.9 Å². The Morgan fingerprint density at radius 3 is 2.40 bits per heavy atom. The van der Waals surface area contributed by atoms with Crippen LogP contribution in [-0.4, -0.2) is 18.7 Å². The second kappa shape index (κ2) is 7.32. The van der Waals surface area contributed by atoms with E-state index in [1.165, 1.54) is 5.56 Å². The Morgan fingerprint density at radius 1 is 1.15 bits per heavy atom. The molecular weight excluding hydrogens is 252 g/mol. The van der Waals surface area contributed by atoms with Crippen LogP contribution in [0.1, 0.15) is 38.8 Å². The van der Waals surface area contributed by atoms with E-state index in [4.69, 9.17) is 9.47 Å². The number of esters is 1.